The van der Waals surface area contributed by atoms with Gasteiger partial charge < -0.3 is 10.2 Å². The Morgan fingerprint density at radius 3 is 2.70 bits per heavy atom. The third-order valence-electron chi connectivity index (χ3n) is 4.99. The largest absolute Gasteiger partial charge is 0.350 e. The number of aromatic nitrogens is 1. The Morgan fingerprint density at radius 2 is 1.85 bits per heavy atom. The molecule has 0 spiro atoms. The van der Waals surface area contributed by atoms with E-state index in [-0.39, 0.29) is 24.2 Å². The van der Waals surface area contributed by atoms with Crippen molar-refractivity contribution in [3.63, 3.8) is 0 Å². The van der Waals surface area contributed by atoms with Crippen LogP contribution in [0.2, 0.25) is 0 Å². The fourth-order valence-electron chi connectivity index (χ4n) is 3.54. The topological polar surface area (TPSA) is 62.3 Å². The van der Waals surface area contributed by atoms with Gasteiger partial charge in [-0.2, -0.15) is 0 Å². The number of carbonyl (C=O) groups excluding carboxylic acids is 2. The van der Waals surface area contributed by atoms with Gasteiger partial charge in [0.25, 0.3) is 0 Å². The highest BCUT2D eigenvalue weighted by Crippen LogP contribution is 2.21. The third-order valence-corrected chi connectivity index (χ3v) is 4.99. The van der Waals surface area contributed by atoms with E-state index < -0.39 is 0 Å². The first-order valence-electron chi connectivity index (χ1n) is 9.13. The van der Waals surface area contributed by atoms with Crippen molar-refractivity contribution in [1.29, 1.82) is 0 Å². The molecule has 5 nitrogen and oxygen atoms in total. The van der Waals surface area contributed by atoms with E-state index in [0.29, 0.717) is 19.6 Å². The zero-order chi connectivity index (χ0) is 18.6. The number of benzene rings is 2. The molecule has 1 N–H and O–H groups in total. The minimum atomic E-state index is -0.309. The number of rotatable bonds is 5. The first-order chi connectivity index (χ1) is 13.2. The summed E-state index contributed by atoms with van der Waals surface area (Å²) in [4.78, 5) is 31.0. The van der Waals surface area contributed by atoms with Crippen LogP contribution in [0.25, 0.3) is 10.8 Å². The van der Waals surface area contributed by atoms with E-state index in [1.54, 1.807) is 11.1 Å². The van der Waals surface area contributed by atoms with E-state index in [0.717, 1.165) is 22.0 Å². The van der Waals surface area contributed by atoms with E-state index in [9.17, 15) is 9.59 Å². The summed E-state index contributed by atoms with van der Waals surface area (Å²) in [6, 6.07) is 19.8. The van der Waals surface area contributed by atoms with Crippen LogP contribution in [0.4, 0.5) is 0 Å². The highest BCUT2D eigenvalue weighted by atomic mass is 16.2. The van der Waals surface area contributed by atoms with Crippen molar-refractivity contribution in [3.05, 3.63) is 78.1 Å². The van der Waals surface area contributed by atoms with Crippen LogP contribution < -0.4 is 5.32 Å². The zero-order valence-electron chi connectivity index (χ0n) is 15.0. The first kappa shape index (κ1) is 17.2. The lowest BCUT2D eigenvalue weighted by Gasteiger charge is -2.16. The van der Waals surface area contributed by atoms with Gasteiger partial charge in [0.2, 0.25) is 11.8 Å². The normalized spacial score (nSPS) is 16.7. The van der Waals surface area contributed by atoms with Gasteiger partial charge in [0, 0.05) is 31.1 Å². The Hall–Kier alpha value is -3.21. The molecule has 2 heterocycles. The Bertz CT molecular complexity index is 966. The zero-order valence-corrected chi connectivity index (χ0v) is 15.0. The van der Waals surface area contributed by atoms with E-state index in [1.165, 1.54) is 0 Å². The molecule has 0 radical (unpaired) electrons. The molecule has 1 aromatic heterocycles. The fraction of sp³-hybridized carbons (Fsp3) is 0.227. The summed E-state index contributed by atoms with van der Waals surface area (Å²) in [5.74, 6) is -0.368. The maximum Gasteiger partial charge on any atom is 0.225 e. The second kappa shape index (κ2) is 7.58. The molecule has 1 saturated heterocycles. The molecule has 27 heavy (non-hydrogen) atoms. The summed E-state index contributed by atoms with van der Waals surface area (Å²) in [6.07, 6.45) is 2.02. The number of nitrogens with zero attached hydrogens (tertiary/aromatic N) is 2. The Balaban J connectivity index is 1.38. The molecule has 2 amide bonds. The average molecular weight is 359 g/mol. The van der Waals surface area contributed by atoms with Gasteiger partial charge in [-0.3, -0.25) is 14.6 Å². The molecule has 0 aliphatic carbocycles. The summed E-state index contributed by atoms with van der Waals surface area (Å²) in [7, 11) is 0. The number of pyridine rings is 1. The van der Waals surface area contributed by atoms with Crippen LogP contribution in [-0.4, -0.2) is 28.2 Å². The molecule has 5 heteroatoms. The standard InChI is InChI=1S/C22H21N3O2/c26-21-12-18(15-25(21)14-16-6-2-1-3-7-16)22(27)24-13-20-19-9-5-4-8-17(19)10-11-23-20/h1-11,18H,12-15H2,(H,24,27)/t18-/m0/s1. The molecule has 4 rings (SSSR count). The molecule has 1 aliphatic heterocycles. The van der Waals surface area contributed by atoms with Crippen molar-refractivity contribution in [3.8, 4) is 0 Å². The van der Waals surface area contributed by atoms with Gasteiger partial charge >= 0.3 is 0 Å². The Kier molecular flexibility index (Phi) is 4.83. The van der Waals surface area contributed by atoms with Crippen LogP contribution in [-0.2, 0) is 22.7 Å². The molecule has 0 saturated carbocycles. The molecule has 0 unspecified atom stereocenters. The maximum absolute atomic E-state index is 12.6. The summed E-state index contributed by atoms with van der Waals surface area (Å²) < 4.78 is 0. The lowest BCUT2D eigenvalue weighted by Crippen LogP contribution is -2.32. The van der Waals surface area contributed by atoms with Crippen LogP contribution in [0.3, 0.4) is 0 Å². The Labute approximate surface area is 158 Å². The van der Waals surface area contributed by atoms with Crippen molar-refractivity contribution in [2.45, 2.75) is 19.5 Å². The Morgan fingerprint density at radius 1 is 1.07 bits per heavy atom. The van der Waals surface area contributed by atoms with Crippen molar-refractivity contribution < 1.29 is 9.59 Å². The average Bonchev–Trinajstić information content (AvgIpc) is 3.07. The van der Waals surface area contributed by atoms with Gasteiger partial charge in [-0.15, -0.1) is 0 Å². The van der Waals surface area contributed by atoms with Gasteiger partial charge in [0.15, 0.2) is 0 Å². The summed E-state index contributed by atoms with van der Waals surface area (Å²) in [6.45, 7) is 1.38. The first-order valence-corrected chi connectivity index (χ1v) is 9.13. The SMILES string of the molecule is O=C(NCc1nccc2ccccc12)[C@H]1CC(=O)N(Cc2ccccc2)C1. The molecular formula is C22H21N3O2. The van der Waals surface area contributed by atoms with Gasteiger partial charge in [-0.1, -0.05) is 54.6 Å². The number of carbonyl (C=O) groups is 2. The van der Waals surface area contributed by atoms with Crippen LogP contribution in [0, 0.1) is 5.92 Å². The van der Waals surface area contributed by atoms with E-state index in [2.05, 4.69) is 10.3 Å². The van der Waals surface area contributed by atoms with E-state index in [4.69, 9.17) is 0 Å². The highest BCUT2D eigenvalue weighted by molar-refractivity contribution is 5.89. The molecule has 3 aromatic rings. The number of hydrogen-bond acceptors (Lipinski definition) is 3. The van der Waals surface area contributed by atoms with Crippen LogP contribution in [0.15, 0.2) is 66.9 Å². The van der Waals surface area contributed by atoms with Crippen LogP contribution in [0.1, 0.15) is 17.7 Å². The summed E-state index contributed by atoms with van der Waals surface area (Å²) in [5.41, 5.74) is 1.92. The lowest BCUT2D eigenvalue weighted by molar-refractivity contribution is -0.129. The molecule has 2 aromatic carbocycles. The quantitative estimate of drug-likeness (QED) is 0.762. The number of likely N-dealkylation sites (tertiary alicyclic amines) is 1. The third kappa shape index (κ3) is 3.82. The van der Waals surface area contributed by atoms with Crippen molar-refractivity contribution in [2.75, 3.05) is 6.54 Å². The monoisotopic (exact) mass is 359 g/mol. The fourth-order valence-corrected chi connectivity index (χ4v) is 3.54. The predicted octanol–water partition coefficient (Wildman–Crippen LogP) is 2.90. The van der Waals surface area contributed by atoms with Crippen molar-refractivity contribution >= 4 is 22.6 Å². The molecule has 1 aliphatic rings. The predicted molar refractivity (Wildman–Crippen MR) is 104 cm³/mol. The molecule has 1 atom stereocenters. The molecular weight excluding hydrogens is 338 g/mol. The molecule has 1 fully saturated rings. The summed E-state index contributed by atoms with van der Waals surface area (Å²) >= 11 is 0. The number of nitrogens with one attached hydrogen (secondary N) is 1. The van der Waals surface area contributed by atoms with E-state index >= 15 is 0 Å². The maximum atomic E-state index is 12.6. The minimum absolute atomic E-state index is 0.0299. The second-order valence-electron chi connectivity index (χ2n) is 6.86. The van der Waals surface area contributed by atoms with Crippen LogP contribution >= 0.6 is 0 Å². The lowest BCUT2D eigenvalue weighted by atomic mass is 10.1. The van der Waals surface area contributed by atoms with Crippen molar-refractivity contribution in [1.82, 2.24) is 15.2 Å². The van der Waals surface area contributed by atoms with Gasteiger partial charge in [0.05, 0.1) is 18.2 Å². The highest BCUT2D eigenvalue weighted by Gasteiger charge is 2.34. The van der Waals surface area contributed by atoms with Gasteiger partial charge in [-0.25, -0.2) is 0 Å². The minimum Gasteiger partial charge on any atom is -0.350 e. The smallest absolute Gasteiger partial charge is 0.225 e. The molecule has 0 bridgehead atoms. The van der Waals surface area contributed by atoms with Crippen molar-refractivity contribution in [2.24, 2.45) is 5.92 Å². The summed E-state index contributed by atoms with van der Waals surface area (Å²) in [5, 5.41) is 5.09. The van der Waals surface area contributed by atoms with Gasteiger partial charge in [0.1, 0.15) is 0 Å². The number of fused-ring (bicyclic) bond motifs is 1. The van der Waals surface area contributed by atoms with Gasteiger partial charge in [-0.05, 0) is 17.0 Å². The molecule has 136 valence electrons. The second-order valence-corrected chi connectivity index (χ2v) is 6.86. The number of hydrogen-bond donors (Lipinski definition) is 1. The van der Waals surface area contributed by atoms with E-state index in [1.807, 2.05) is 60.7 Å². The van der Waals surface area contributed by atoms with Crippen LogP contribution in [0.5, 0.6) is 0 Å². The number of amides is 2.